The second-order valence-corrected chi connectivity index (χ2v) is 7.74. The van der Waals surface area contributed by atoms with Crippen LogP contribution in [-0.4, -0.2) is 28.1 Å². The number of carbonyl (C=O) groups is 2. The number of nitrogens with zero attached hydrogens (tertiary/aromatic N) is 2. The van der Waals surface area contributed by atoms with Crippen molar-refractivity contribution >= 4 is 28.3 Å². The van der Waals surface area contributed by atoms with Gasteiger partial charge in [-0.05, 0) is 18.8 Å². The zero-order chi connectivity index (χ0) is 18.5. The summed E-state index contributed by atoms with van der Waals surface area (Å²) in [5.74, 6) is -0.150. The molecule has 2 N–H and O–H groups in total. The molecule has 1 fully saturated rings. The predicted octanol–water partition coefficient (Wildman–Crippen LogP) is 3.47. The molecular weight excluding hydrogens is 348 g/mol. The Morgan fingerprint density at radius 1 is 1.23 bits per heavy atom. The van der Waals surface area contributed by atoms with Crippen molar-refractivity contribution in [3.8, 4) is 10.6 Å². The van der Waals surface area contributed by atoms with Crippen molar-refractivity contribution in [3.63, 3.8) is 0 Å². The molecule has 1 heterocycles. The van der Waals surface area contributed by atoms with Crippen LogP contribution < -0.4 is 10.6 Å². The highest BCUT2D eigenvalue weighted by atomic mass is 32.1. The molecule has 1 saturated carbocycles. The summed E-state index contributed by atoms with van der Waals surface area (Å²) >= 11 is 1.33. The number of aromatic nitrogens is 2. The molecule has 1 aromatic heterocycles. The average molecular weight is 372 g/mol. The summed E-state index contributed by atoms with van der Waals surface area (Å²) in [6.45, 7) is 3.99. The molecule has 0 saturated heterocycles. The molecule has 0 spiro atoms. The Morgan fingerprint density at radius 3 is 2.58 bits per heavy atom. The lowest BCUT2D eigenvalue weighted by Crippen LogP contribution is -2.50. The van der Waals surface area contributed by atoms with Crippen LogP contribution in [0.1, 0.15) is 39.5 Å². The average Bonchev–Trinajstić information content (AvgIpc) is 3.06. The lowest BCUT2D eigenvalue weighted by Gasteiger charge is -2.29. The summed E-state index contributed by atoms with van der Waals surface area (Å²) in [5, 5.41) is 15.2. The van der Waals surface area contributed by atoms with Gasteiger partial charge < -0.3 is 5.32 Å². The Kier molecular flexibility index (Phi) is 5.98. The number of anilines is 1. The molecule has 2 atom stereocenters. The van der Waals surface area contributed by atoms with E-state index in [2.05, 4.69) is 20.8 Å². The van der Waals surface area contributed by atoms with Gasteiger partial charge in [-0.3, -0.25) is 14.9 Å². The Morgan fingerprint density at radius 2 is 1.96 bits per heavy atom. The number of hydrogen-bond donors (Lipinski definition) is 2. The third kappa shape index (κ3) is 4.27. The van der Waals surface area contributed by atoms with E-state index in [-0.39, 0.29) is 23.7 Å². The third-order valence-corrected chi connectivity index (χ3v) is 5.83. The first-order chi connectivity index (χ1) is 12.6. The monoisotopic (exact) mass is 372 g/mol. The van der Waals surface area contributed by atoms with E-state index in [0.717, 1.165) is 36.3 Å². The Balaban J connectivity index is 1.67. The third-order valence-electron chi connectivity index (χ3n) is 4.95. The van der Waals surface area contributed by atoms with Crippen LogP contribution in [0.5, 0.6) is 0 Å². The summed E-state index contributed by atoms with van der Waals surface area (Å²) in [7, 11) is 0. The van der Waals surface area contributed by atoms with Crippen LogP contribution in [0.2, 0.25) is 0 Å². The maximum atomic E-state index is 12.7. The predicted molar refractivity (Wildman–Crippen MR) is 103 cm³/mol. The van der Waals surface area contributed by atoms with Crippen molar-refractivity contribution in [2.24, 2.45) is 11.8 Å². The van der Waals surface area contributed by atoms with E-state index in [4.69, 9.17) is 0 Å². The Hall–Kier alpha value is -2.28. The smallest absolute Gasteiger partial charge is 0.249 e. The van der Waals surface area contributed by atoms with Gasteiger partial charge in [0.2, 0.25) is 16.9 Å². The standard InChI is InChI=1S/C19H24N4O2S/c1-3-12(2)15(20-16(24)13-10-7-11-13)17(25)21-19-23-22-18(26-19)14-8-5-4-6-9-14/h4-6,8-9,12-13,15H,3,7,10-11H2,1-2H3,(H,20,24)(H,21,23,25). The van der Waals surface area contributed by atoms with Gasteiger partial charge in [0.1, 0.15) is 11.0 Å². The van der Waals surface area contributed by atoms with Crippen LogP contribution in [0.25, 0.3) is 10.6 Å². The topological polar surface area (TPSA) is 84.0 Å². The number of nitrogens with one attached hydrogen (secondary N) is 2. The molecule has 0 radical (unpaired) electrons. The highest BCUT2D eigenvalue weighted by Crippen LogP contribution is 2.28. The summed E-state index contributed by atoms with van der Waals surface area (Å²) in [6.07, 6.45) is 3.72. The molecule has 0 bridgehead atoms. The summed E-state index contributed by atoms with van der Waals surface area (Å²) in [5.41, 5.74) is 0.960. The maximum absolute atomic E-state index is 12.7. The molecule has 2 unspecified atom stereocenters. The normalized spacial score (nSPS) is 16.4. The van der Waals surface area contributed by atoms with Crippen LogP contribution >= 0.6 is 11.3 Å². The van der Waals surface area contributed by atoms with E-state index in [1.54, 1.807) is 0 Å². The lowest BCUT2D eigenvalue weighted by atomic mass is 9.84. The first-order valence-electron chi connectivity index (χ1n) is 9.08. The highest BCUT2D eigenvalue weighted by molar-refractivity contribution is 7.18. The van der Waals surface area contributed by atoms with Gasteiger partial charge >= 0.3 is 0 Å². The molecule has 3 rings (SSSR count). The van der Waals surface area contributed by atoms with Crippen molar-refractivity contribution in [2.75, 3.05) is 5.32 Å². The second-order valence-electron chi connectivity index (χ2n) is 6.77. The van der Waals surface area contributed by atoms with Gasteiger partial charge in [0.15, 0.2) is 0 Å². The lowest BCUT2D eigenvalue weighted by molar-refractivity contribution is -0.132. The van der Waals surface area contributed by atoms with Crippen molar-refractivity contribution in [1.29, 1.82) is 0 Å². The molecule has 2 aromatic rings. The number of rotatable bonds is 7. The van der Waals surface area contributed by atoms with Gasteiger partial charge in [0, 0.05) is 11.5 Å². The van der Waals surface area contributed by atoms with E-state index in [9.17, 15) is 9.59 Å². The van der Waals surface area contributed by atoms with Crippen molar-refractivity contribution in [1.82, 2.24) is 15.5 Å². The van der Waals surface area contributed by atoms with E-state index in [1.165, 1.54) is 11.3 Å². The zero-order valence-electron chi connectivity index (χ0n) is 15.1. The molecule has 1 aliphatic rings. The largest absolute Gasteiger partial charge is 0.344 e. The fraction of sp³-hybridized carbons (Fsp3) is 0.474. The van der Waals surface area contributed by atoms with Gasteiger partial charge in [-0.15, -0.1) is 10.2 Å². The van der Waals surface area contributed by atoms with Crippen LogP contribution in [0, 0.1) is 11.8 Å². The first kappa shape index (κ1) is 18.5. The van der Waals surface area contributed by atoms with Gasteiger partial charge in [-0.25, -0.2) is 0 Å². The van der Waals surface area contributed by atoms with Crippen molar-refractivity contribution < 1.29 is 9.59 Å². The van der Waals surface area contributed by atoms with Gasteiger partial charge in [-0.1, -0.05) is 68.4 Å². The molecule has 1 aliphatic carbocycles. The van der Waals surface area contributed by atoms with E-state index < -0.39 is 6.04 Å². The summed E-state index contributed by atoms with van der Waals surface area (Å²) in [6, 6.07) is 9.15. The minimum Gasteiger partial charge on any atom is -0.344 e. The van der Waals surface area contributed by atoms with Gasteiger partial charge in [0.25, 0.3) is 0 Å². The molecule has 26 heavy (non-hydrogen) atoms. The van der Waals surface area contributed by atoms with Crippen LogP contribution in [0.3, 0.4) is 0 Å². The van der Waals surface area contributed by atoms with Crippen molar-refractivity contribution in [3.05, 3.63) is 30.3 Å². The summed E-state index contributed by atoms with van der Waals surface area (Å²) < 4.78 is 0. The molecule has 7 heteroatoms. The number of carbonyl (C=O) groups excluding carboxylic acids is 2. The van der Waals surface area contributed by atoms with E-state index >= 15 is 0 Å². The zero-order valence-corrected chi connectivity index (χ0v) is 15.9. The van der Waals surface area contributed by atoms with Crippen LogP contribution in [-0.2, 0) is 9.59 Å². The van der Waals surface area contributed by atoms with Crippen molar-refractivity contribution in [2.45, 2.75) is 45.6 Å². The van der Waals surface area contributed by atoms with Crippen LogP contribution in [0.4, 0.5) is 5.13 Å². The first-order valence-corrected chi connectivity index (χ1v) is 9.90. The minimum atomic E-state index is -0.558. The van der Waals surface area contributed by atoms with Gasteiger partial charge in [0.05, 0.1) is 0 Å². The second kappa shape index (κ2) is 8.40. The quantitative estimate of drug-likeness (QED) is 0.779. The molecule has 138 valence electrons. The van der Waals surface area contributed by atoms with Crippen LogP contribution in [0.15, 0.2) is 30.3 Å². The summed E-state index contributed by atoms with van der Waals surface area (Å²) in [4.78, 5) is 25.0. The minimum absolute atomic E-state index is 0.0149. The fourth-order valence-corrected chi connectivity index (χ4v) is 3.55. The Labute approximate surface area is 157 Å². The molecular formula is C19H24N4O2S. The Bertz CT molecular complexity index is 758. The number of hydrogen-bond acceptors (Lipinski definition) is 5. The molecule has 1 aromatic carbocycles. The van der Waals surface area contributed by atoms with Gasteiger partial charge in [-0.2, -0.15) is 0 Å². The number of amides is 2. The van der Waals surface area contributed by atoms with E-state index in [0.29, 0.717) is 5.13 Å². The molecule has 0 aliphatic heterocycles. The van der Waals surface area contributed by atoms with E-state index in [1.807, 2.05) is 44.2 Å². The number of benzene rings is 1. The highest BCUT2D eigenvalue weighted by Gasteiger charge is 2.31. The maximum Gasteiger partial charge on any atom is 0.249 e. The molecule has 2 amide bonds. The fourth-order valence-electron chi connectivity index (χ4n) is 2.80. The molecule has 6 nitrogen and oxygen atoms in total. The SMILES string of the molecule is CCC(C)C(NC(=O)C1CCC1)C(=O)Nc1nnc(-c2ccccc2)s1.